The van der Waals surface area contributed by atoms with Gasteiger partial charge in [-0.2, -0.15) is 0 Å². The molecule has 2 rings (SSSR count). The molecule has 2 nitrogen and oxygen atoms in total. The maximum absolute atomic E-state index is 13.4. The van der Waals surface area contributed by atoms with Crippen LogP contribution in [0.3, 0.4) is 0 Å². The molecule has 0 bridgehead atoms. The summed E-state index contributed by atoms with van der Waals surface area (Å²) in [6.45, 7) is 0. The van der Waals surface area contributed by atoms with Crippen LogP contribution in [0, 0.1) is 5.82 Å². The van der Waals surface area contributed by atoms with Gasteiger partial charge in [0.2, 0.25) is 0 Å². The molecule has 0 aliphatic rings. The van der Waals surface area contributed by atoms with Crippen LogP contribution < -0.4 is 5.73 Å². The van der Waals surface area contributed by atoms with Crippen molar-refractivity contribution < 1.29 is 4.39 Å². The average molecular weight is 223 g/mol. The highest BCUT2D eigenvalue weighted by atomic mass is 35.5. The van der Waals surface area contributed by atoms with Crippen molar-refractivity contribution in [3.63, 3.8) is 0 Å². The number of halogens is 2. The van der Waals surface area contributed by atoms with Crippen molar-refractivity contribution >= 4 is 17.3 Å². The zero-order valence-corrected chi connectivity index (χ0v) is 8.50. The molecule has 0 saturated heterocycles. The molecule has 1 aromatic carbocycles. The van der Waals surface area contributed by atoms with E-state index in [4.69, 9.17) is 17.3 Å². The summed E-state index contributed by atoms with van der Waals surface area (Å²) in [6, 6.07) is 6.54. The molecular weight excluding hydrogens is 215 g/mol. The van der Waals surface area contributed by atoms with E-state index >= 15 is 0 Å². The Morgan fingerprint density at radius 1 is 1.20 bits per heavy atom. The lowest BCUT2D eigenvalue weighted by Gasteiger charge is -2.05. The van der Waals surface area contributed by atoms with Crippen LogP contribution in [0.1, 0.15) is 0 Å². The van der Waals surface area contributed by atoms with E-state index in [-0.39, 0.29) is 0 Å². The number of nitrogens with two attached hydrogens (primary N) is 1. The third-order valence-electron chi connectivity index (χ3n) is 2.06. The van der Waals surface area contributed by atoms with Crippen molar-refractivity contribution in [1.29, 1.82) is 0 Å². The fraction of sp³-hybridized carbons (Fsp3) is 0. The number of benzene rings is 1. The first-order chi connectivity index (χ1) is 7.18. The molecule has 0 aliphatic heterocycles. The normalized spacial score (nSPS) is 10.3. The minimum atomic E-state index is -0.399. The van der Waals surface area contributed by atoms with Crippen LogP contribution in [0.25, 0.3) is 11.1 Å². The van der Waals surface area contributed by atoms with Crippen LogP contribution in [0.15, 0.2) is 36.7 Å². The van der Waals surface area contributed by atoms with Crippen LogP contribution in [0.2, 0.25) is 5.02 Å². The van der Waals surface area contributed by atoms with Crippen LogP contribution in [-0.2, 0) is 0 Å². The summed E-state index contributed by atoms with van der Waals surface area (Å²) in [7, 11) is 0. The summed E-state index contributed by atoms with van der Waals surface area (Å²) in [5.41, 5.74) is 7.15. The van der Waals surface area contributed by atoms with Gasteiger partial charge in [0.05, 0.1) is 11.2 Å². The fourth-order valence-corrected chi connectivity index (χ4v) is 1.63. The number of hydrogen-bond acceptors (Lipinski definition) is 2. The summed E-state index contributed by atoms with van der Waals surface area (Å²) in [4.78, 5) is 3.67. The molecule has 0 fully saturated rings. The van der Waals surface area contributed by atoms with E-state index in [2.05, 4.69) is 4.98 Å². The van der Waals surface area contributed by atoms with E-state index in [1.807, 2.05) is 0 Å². The van der Waals surface area contributed by atoms with Gasteiger partial charge in [0.25, 0.3) is 0 Å². The molecule has 0 amide bonds. The van der Waals surface area contributed by atoms with Gasteiger partial charge in [-0.25, -0.2) is 4.39 Å². The summed E-state index contributed by atoms with van der Waals surface area (Å²) >= 11 is 5.97. The van der Waals surface area contributed by atoms with Gasteiger partial charge in [0.1, 0.15) is 5.82 Å². The minimum absolute atomic E-state index is 0.399. The zero-order valence-electron chi connectivity index (χ0n) is 7.74. The molecule has 4 heteroatoms. The van der Waals surface area contributed by atoms with Crippen LogP contribution in [0.5, 0.6) is 0 Å². The van der Waals surface area contributed by atoms with Gasteiger partial charge in [-0.1, -0.05) is 17.7 Å². The second-order valence-electron chi connectivity index (χ2n) is 3.09. The molecule has 76 valence electrons. The maximum Gasteiger partial charge on any atom is 0.149 e. The zero-order chi connectivity index (χ0) is 10.8. The first-order valence-electron chi connectivity index (χ1n) is 4.33. The summed E-state index contributed by atoms with van der Waals surface area (Å²) in [5, 5.41) is 0.431. The number of nitrogen functional groups attached to an aromatic ring is 1. The van der Waals surface area contributed by atoms with Crippen molar-refractivity contribution in [1.82, 2.24) is 4.98 Å². The monoisotopic (exact) mass is 222 g/mol. The molecule has 0 atom stereocenters. The average Bonchev–Trinajstić information content (AvgIpc) is 2.20. The van der Waals surface area contributed by atoms with E-state index < -0.39 is 5.82 Å². The number of aromatic nitrogens is 1. The number of anilines is 1. The van der Waals surface area contributed by atoms with E-state index in [1.54, 1.807) is 24.3 Å². The summed E-state index contributed by atoms with van der Waals surface area (Å²) in [6.07, 6.45) is 2.67. The fourth-order valence-electron chi connectivity index (χ4n) is 1.34. The molecule has 0 saturated carbocycles. The highest BCUT2D eigenvalue weighted by Gasteiger charge is 2.08. The molecule has 0 aliphatic carbocycles. The van der Waals surface area contributed by atoms with E-state index in [9.17, 15) is 4.39 Å². The highest BCUT2D eigenvalue weighted by Crippen LogP contribution is 2.30. The first kappa shape index (κ1) is 9.93. The lowest BCUT2D eigenvalue weighted by molar-refractivity contribution is 0.625. The molecule has 1 heterocycles. The lowest BCUT2D eigenvalue weighted by Crippen LogP contribution is -1.89. The van der Waals surface area contributed by atoms with E-state index in [0.29, 0.717) is 21.8 Å². The largest absolute Gasteiger partial charge is 0.399 e. The second kappa shape index (κ2) is 3.87. The Morgan fingerprint density at radius 3 is 2.67 bits per heavy atom. The Balaban J connectivity index is 2.60. The van der Waals surface area contributed by atoms with Gasteiger partial charge < -0.3 is 5.73 Å². The Hall–Kier alpha value is -1.61. The molecule has 2 N–H and O–H groups in total. The lowest BCUT2D eigenvalue weighted by atomic mass is 10.1. The first-order valence-corrected chi connectivity index (χ1v) is 4.71. The molecular formula is C11H8ClFN2. The van der Waals surface area contributed by atoms with E-state index in [1.165, 1.54) is 6.20 Å². The Kier molecular flexibility index (Phi) is 2.56. The van der Waals surface area contributed by atoms with Gasteiger partial charge in [0, 0.05) is 23.0 Å². The van der Waals surface area contributed by atoms with Gasteiger partial charge in [-0.05, 0) is 18.2 Å². The number of pyridine rings is 1. The standard InChI is InChI=1S/C11H8ClFN2/c12-10-5-7(14)1-2-8(10)9-3-4-15-6-11(9)13/h1-6H,14H2. The van der Waals surface area contributed by atoms with Crippen LogP contribution in [-0.4, -0.2) is 4.98 Å². The summed E-state index contributed by atoms with van der Waals surface area (Å²) < 4.78 is 13.4. The summed E-state index contributed by atoms with van der Waals surface area (Å²) in [5.74, 6) is -0.399. The van der Waals surface area contributed by atoms with Gasteiger partial charge in [-0.3, -0.25) is 4.98 Å². The predicted octanol–water partition coefficient (Wildman–Crippen LogP) is 3.12. The molecule has 2 aromatic rings. The number of rotatable bonds is 1. The SMILES string of the molecule is Nc1ccc(-c2ccncc2F)c(Cl)c1. The molecule has 0 unspecified atom stereocenters. The Bertz CT molecular complexity index is 500. The minimum Gasteiger partial charge on any atom is -0.399 e. The van der Waals surface area contributed by atoms with Gasteiger partial charge in [0.15, 0.2) is 0 Å². The maximum atomic E-state index is 13.4. The van der Waals surface area contributed by atoms with Crippen molar-refractivity contribution in [3.05, 3.63) is 47.5 Å². The third kappa shape index (κ3) is 1.92. The van der Waals surface area contributed by atoms with Gasteiger partial charge >= 0.3 is 0 Å². The second-order valence-corrected chi connectivity index (χ2v) is 3.50. The van der Waals surface area contributed by atoms with Gasteiger partial charge in [-0.15, -0.1) is 0 Å². The molecule has 15 heavy (non-hydrogen) atoms. The van der Waals surface area contributed by atoms with Crippen molar-refractivity contribution in [2.24, 2.45) is 0 Å². The quantitative estimate of drug-likeness (QED) is 0.753. The van der Waals surface area contributed by atoms with Crippen molar-refractivity contribution in [2.45, 2.75) is 0 Å². The number of nitrogens with zero attached hydrogens (tertiary/aromatic N) is 1. The Morgan fingerprint density at radius 2 is 2.00 bits per heavy atom. The number of hydrogen-bond donors (Lipinski definition) is 1. The Labute approximate surface area is 91.5 Å². The van der Waals surface area contributed by atoms with Crippen molar-refractivity contribution in [3.8, 4) is 11.1 Å². The smallest absolute Gasteiger partial charge is 0.149 e. The van der Waals surface area contributed by atoms with Crippen molar-refractivity contribution in [2.75, 3.05) is 5.73 Å². The van der Waals surface area contributed by atoms with Crippen LogP contribution in [0.4, 0.5) is 10.1 Å². The molecule has 0 spiro atoms. The van der Waals surface area contributed by atoms with Crippen LogP contribution >= 0.6 is 11.6 Å². The topological polar surface area (TPSA) is 38.9 Å². The molecule has 0 radical (unpaired) electrons. The third-order valence-corrected chi connectivity index (χ3v) is 2.37. The van der Waals surface area contributed by atoms with E-state index in [0.717, 1.165) is 6.20 Å². The molecule has 1 aromatic heterocycles. The highest BCUT2D eigenvalue weighted by molar-refractivity contribution is 6.33. The predicted molar refractivity (Wildman–Crippen MR) is 59.1 cm³/mol.